The molecule has 0 aromatic rings. The number of aliphatic hydroxyl groups excluding tert-OH is 1. The highest BCUT2D eigenvalue weighted by molar-refractivity contribution is 5.10. The molecule has 2 nitrogen and oxygen atoms in total. The molecule has 70 valence electrons. The van der Waals surface area contributed by atoms with E-state index < -0.39 is 18.4 Å². The molecule has 1 spiro atoms. The van der Waals surface area contributed by atoms with Gasteiger partial charge in [0.2, 0.25) is 6.43 Å². The van der Waals surface area contributed by atoms with Crippen molar-refractivity contribution in [1.82, 2.24) is 5.32 Å². The second-order valence-corrected chi connectivity index (χ2v) is 3.87. The van der Waals surface area contributed by atoms with Crippen LogP contribution in [0.5, 0.6) is 0 Å². The van der Waals surface area contributed by atoms with Crippen molar-refractivity contribution in [3.8, 4) is 0 Å². The van der Waals surface area contributed by atoms with Crippen LogP contribution in [0.25, 0.3) is 0 Å². The molecule has 1 saturated heterocycles. The zero-order valence-corrected chi connectivity index (χ0v) is 6.76. The second-order valence-electron chi connectivity index (χ2n) is 3.87. The highest BCUT2D eigenvalue weighted by atomic mass is 19.3. The lowest BCUT2D eigenvalue weighted by Gasteiger charge is -2.35. The normalized spacial score (nSPS) is 39.0. The van der Waals surface area contributed by atoms with Crippen LogP contribution >= 0.6 is 0 Å². The number of halogens is 2. The van der Waals surface area contributed by atoms with E-state index in [1.165, 1.54) is 0 Å². The van der Waals surface area contributed by atoms with E-state index in [9.17, 15) is 13.9 Å². The summed E-state index contributed by atoms with van der Waals surface area (Å²) >= 11 is 0. The summed E-state index contributed by atoms with van der Waals surface area (Å²) in [6, 6.07) is 0. The lowest BCUT2D eigenvalue weighted by molar-refractivity contribution is -0.0113. The minimum atomic E-state index is -2.30. The van der Waals surface area contributed by atoms with Crippen molar-refractivity contribution in [2.24, 2.45) is 5.92 Å². The average molecular weight is 177 g/mol. The topological polar surface area (TPSA) is 32.3 Å². The van der Waals surface area contributed by atoms with Gasteiger partial charge in [-0.25, -0.2) is 8.78 Å². The van der Waals surface area contributed by atoms with Crippen LogP contribution in [0.1, 0.15) is 19.3 Å². The van der Waals surface area contributed by atoms with Crippen LogP contribution in [0.3, 0.4) is 0 Å². The molecule has 4 heteroatoms. The van der Waals surface area contributed by atoms with Crippen LogP contribution in [0.4, 0.5) is 8.78 Å². The molecule has 0 bridgehead atoms. The van der Waals surface area contributed by atoms with Gasteiger partial charge in [0.15, 0.2) is 0 Å². The van der Waals surface area contributed by atoms with Gasteiger partial charge in [-0.2, -0.15) is 0 Å². The van der Waals surface area contributed by atoms with Crippen LogP contribution in [-0.4, -0.2) is 29.7 Å². The van der Waals surface area contributed by atoms with E-state index >= 15 is 0 Å². The number of hydrogen-bond acceptors (Lipinski definition) is 2. The van der Waals surface area contributed by atoms with Gasteiger partial charge in [-0.05, 0) is 19.3 Å². The Labute approximate surface area is 70.0 Å². The maximum atomic E-state index is 12.5. The molecule has 2 unspecified atom stereocenters. The minimum absolute atomic E-state index is 0.255. The summed E-state index contributed by atoms with van der Waals surface area (Å²) < 4.78 is 25.0. The van der Waals surface area contributed by atoms with Crippen LogP contribution in [0.15, 0.2) is 0 Å². The van der Waals surface area contributed by atoms with Crippen LogP contribution in [0.2, 0.25) is 0 Å². The number of rotatable bonds is 1. The standard InChI is InChI=1S/C8H13F2NO/c9-7(10)6-3-5(12)4-11-8(6)1-2-8/h5-7,11-12H,1-4H2. The molecule has 2 N–H and O–H groups in total. The molecule has 2 rings (SSSR count). The fourth-order valence-corrected chi connectivity index (χ4v) is 2.08. The summed E-state index contributed by atoms with van der Waals surface area (Å²) in [7, 11) is 0. The molecule has 0 amide bonds. The van der Waals surface area contributed by atoms with E-state index in [4.69, 9.17) is 0 Å². The number of aliphatic hydroxyl groups is 1. The third kappa shape index (κ3) is 1.23. The molecule has 12 heavy (non-hydrogen) atoms. The smallest absolute Gasteiger partial charge is 0.243 e. The molecule has 2 atom stereocenters. The van der Waals surface area contributed by atoms with Crippen LogP contribution in [-0.2, 0) is 0 Å². The van der Waals surface area contributed by atoms with Gasteiger partial charge in [0.25, 0.3) is 0 Å². The Morgan fingerprint density at radius 2 is 2.08 bits per heavy atom. The lowest BCUT2D eigenvalue weighted by atomic mass is 9.87. The number of nitrogens with one attached hydrogen (secondary N) is 1. The Hall–Kier alpha value is -0.220. The summed E-state index contributed by atoms with van der Waals surface area (Å²) in [6.45, 7) is 0.475. The summed E-state index contributed by atoms with van der Waals surface area (Å²) in [6.07, 6.45) is -0.945. The van der Waals surface area contributed by atoms with Crippen molar-refractivity contribution < 1.29 is 13.9 Å². The fourth-order valence-electron chi connectivity index (χ4n) is 2.08. The van der Waals surface area contributed by atoms with Crippen molar-refractivity contribution >= 4 is 0 Å². The molecule has 0 aromatic heterocycles. The summed E-state index contributed by atoms with van der Waals surface area (Å²) in [5, 5.41) is 12.2. The first-order valence-electron chi connectivity index (χ1n) is 4.35. The summed E-state index contributed by atoms with van der Waals surface area (Å²) in [5.41, 5.74) is -0.312. The molecule has 2 aliphatic rings. The van der Waals surface area contributed by atoms with Gasteiger partial charge >= 0.3 is 0 Å². The Balaban J connectivity index is 2.06. The van der Waals surface area contributed by atoms with Crippen LogP contribution < -0.4 is 5.32 Å². The van der Waals surface area contributed by atoms with Crippen LogP contribution in [0, 0.1) is 5.92 Å². The number of alkyl halides is 2. The maximum Gasteiger partial charge on any atom is 0.243 e. The fraction of sp³-hybridized carbons (Fsp3) is 1.00. The number of hydrogen-bond donors (Lipinski definition) is 2. The Kier molecular flexibility index (Phi) is 1.84. The molecular weight excluding hydrogens is 164 g/mol. The van der Waals surface area contributed by atoms with Crippen molar-refractivity contribution in [3.05, 3.63) is 0 Å². The highest BCUT2D eigenvalue weighted by Gasteiger charge is 2.55. The molecular formula is C8H13F2NO. The highest BCUT2D eigenvalue weighted by Crippen LogP contribution is 2.48. The predicted octanol–water partition coefficient (Wildman–Crippen LogP) is 0.754. The van der Waals surface area contributed by atoms with Crippen molar-refractivity contribution in [3.63, 3.8) is 0 Å². The minimum Gasteiger partial charge on any atom is -0.392 e. The third-order valence-corrected chi connectivity index (χ3v) is 3.02. The lowest BCUT2D eigenvalue weighted by Crippen LogP contribution is -2.51. The summed E-state index contributed by atoms with van der Waals surface area (Å²) in [5.74, 6) is -0.638. The van der Waals surface area contributed by atoms with Gasteiger partial charge in [-0.15, -0.1) is 0 Å². The van der Waals surface area contributed by atoms with Crippen molar-refractivity contribution in [1.29, 1.82) is 0 Å². The van der Waals surface area contributed by atoms with Gasteiger partial charge in [0, 0.05) is 18.0 Å². The first-order chi connectivity index (χ1) is 5.64. The van der Waals surface area contributed by atoms with Gasteiger partial charge in [0.05, 0.1) is 6.10 Å². The number of β-amino-alcohol motifs (C(OH)–C–C–N with tert-alkyl or cyclic N) is 1. The quantitative estimate of drug-likeness (QED) is 0.619. The largest absolute Gasteiger partial charge is 0.392 e. The van der Waals surface area contributed by atoms with Gasteiger partial charge < -0.3 is 10.4 Å². The van der Waals surface area contributed by atoms with E-state index in [2.05, 4.69) is 5.32 Å². The zero-order chi connectivity index (χ0) is 8.77. The monoisotopic (exact) mass is 177 g/mol. The SMILES string of the molecule is OC1CNC2(CC2)C(C(F)F)C1. The maximum absolute atomic E-state index is 12.5. The van der Waals surface area contributed by atoms with Gasteiger partial charge in [-0.3, -0.25) is 0 Å². The first-order valence-corrected chi connectivity index (χ1v) is 4.35. The van der Waals surface area contributed by atoms with Crippen molar-refractivity contribution in [2.45, 2.75) is 37.3 Å². The zero-order valence-electron chi connectivity index (χ0n) is 6.76. The Morgan fingerprint density at radius 1 is 1.42 bits per heavy atom. The molecule has 0 aromatic carbocycles. The molecule has 1 saturated carbocycles. The van der Waals surface area contributed by atoms with Crippen molar-refractivity contribution in [2.75, 3.05) is 6.54 Å². The first kappa shape index (κ1) is 8.38. The van der Waals surface area contributed by atoms with E-state index in [0.29, 0.717) is 6.54 Å². The van der Waals surface area contributed by atoms with Gasteiger partial charge in [-0.1, -0.05) is 0 Å². The molecule has 0 radical (unpaired) electrons. The van der Waals surface area contributed by atoms with E-state index in [1.807, 2.05) is 0 Å². The second kappa shape index (κ2) is 2.64. The Bertz CT molecular complexity index is 182. The average Bonchev–Trinajstić information content (AvgIpc) is 2.76. The predicted molar refractivity (Wildman–Crippen MR) is 40.1 cm³/mol. The van der Waals surface area contributed by atoms with E-state index in [0.717, 1.165) is 12.8 Å². The molecule has 1 aliphatic carbocycles. The number of piperidine rings is 1. The molecule has 1 aliphatic heterocycles. The molecule has 1 heterocycles. The third-order valence-electron chi connectivity index (χ3n) is 3.02. The van der Waals surface area contributed by atoms with E-state index in [1.54, 1.807) is 0 Å². The molecule has 2 fully saturated rings. The van der Waals surface area contributed by atoms with Gasteiger partial charge in [0.1, 0.15) is 0 Å². The summed E-state index contributed by atoms with van der Waals surface area (Å²) in [4.78, 5) is 0. The Morgan fingerprint density at radius 3 is 2.58 bits per heavy atom. The van der Waals surface area contributed by atoms with E-state index in [-0.39, 0.29) is 12.0 Å².